The maximum absolute atomic E-state index is 11.5. The number of carbonyl (C=O) groups is 1. The molecule has 0 saturated carbocycles. The minimum absolute atomic E-state index is 0.134. The molecule has 0 heterocycles. The third-order valence-electron chi connectivity index (χ3n) is 1.94. The van der Waals surface area contributed by atoms with Gasteiger partial charge in [-0.3, -0.25) is 9.52 Å². The van der Waals surface area contributed by atoms with Crippen LogP contribution >= 0.6 is 11.6 Å². The van der Waals surface area contributed by atoms with E-state index < -0.39 is 28.2 Å². The average molecular weight is 289 g/mol. The van der Waals surface area contributed by atoms with Gasteiger partial charge < -0.3 is 5.11 Å². The highest BCUT2D eigenvalue weighted by Crippen LogP contribution is 2.20. The molecule has 0 saturated heterocycles. The molecule has 0 radical (unpaired) electrons. The van der Waals surface area contributed by atoms with Crippen LogP contribution in [0.25, 0.3) is 0 Å². The van der Waals surface area contributed by atoms with Crippen LogP contribution in [-0.4, -0.2) is 25.2 Å². The highest BCUT2D eigenvalue weighted by atomic mass is 35.5. The lowest BCUT2D eigenvalue weighted by Gasteiger charge is -2.07. The first kappa shape index (κ1) is 14.3. The third-order valence-corrected chi connectivity index (χ3v) is 3.56. The number of sulfonamides is 1. The molecule has 1 rings (SSSR count). The van der Waals surface area contributed by atoms with Crippen molar-refractivity contribution < 1.29 is 18.3 Å². The van der Waals surface area contributed by atoms with Gasteiger partial charge in [0.15, 0.2) is 0 Å². The summed E-state index contributed by atoms with van der Waals surface area (Å²) in [4.78, 5) is 10.3. The van der Waals surface area contributed by atoms with Gasteiger partial charge in [-0.15, -0.1) is 0 Å². The largest absolute Gasteiger partial charge is 0.481 e. The van der Waals surface area contributed by atoms with Gasteiger partial charge in [-0.25, -0.2) is 8.42 Å². The summed E-state index contributed by atoms with van der Waals surface area (Å²) in [6, 6.07) is 5.86. The summed E-state index contributed by atoms with van der Waals surface area (Å²) in [5, 5.41) is 17.4. The Hall–Kier alpha value is -1.78. The Morgan fingerprint density at radius 2 is 2.17 bits per heavy atom. The minimum atomic E-state index is -3.75. The molecular weight excluding hydrogens is 280 g/mol. The number of benzene rings is 1. The molecule has 0 aliphatic carbocycles. The van der Waals surface area contributed by atoms with Crippen molar-refractivity contribution in [3.8, 4) is 6.07 Å². The van der Waals surface area contributed by atoms with Crippen molar-refractivity contribution in [3.63, 3.8) is 0 Å². The Kier molecular flexibility index (Phi) is 4.53. The fraction of sp³-hybridized carbons (Fsp3) is 0.200. The molecule has 0 spiro atoms. The molecule has 0 bridgehead atoms. The van der Waals surface area contributed by atoms with E-state index in [2.05, 4.69) is 4.72 Å². The fourth-order valence-corrected chi connectivity index (χ4v) is 2.32. The molecule has 96 valence electrons. The SMILES string of the molecule is N#Cc1cc(NS(=O)(=O)CCC(=O)O)ccc1Cl. The molecule has 0 amide bonds. The van der Waals surface area contributed by atoms with Gasteiger partial charge in [0.1, 0.15) is 6.07 Å². The van der Waals surface area contributed by atoms with Crippen LogP contribution in [0.3, 0.4) is 0 Å². The molecule has 18 heavy (non-hydrogen) atoms. The Bertz CT molecular complexity index is 607. The molecule has 6 nitrogen and oxygen atoms in total. The summed E-state index contributed by atoms with van der Waals surface area (Å²) in [6.45, 7) is 0. The number of anilines is 1. The zero-order valence-corrected chi connectivity index (χ0v) is 10.6. The average Bonchev–Trinajstić information content (AvgIpc) is 2.29. The Morgan fingerprint density at radius 1 is 1.50 bits per heavy atom. The van der Waals surface area contributed by atoms with E-state index in [0.29, 0.717) is 0 Å². The van der Waals surface area contributed by atoms with E-state index >= 15 is 0 Å². The maximum atomic E-state index is 11.5. The van der Waals surface area contributed by atoms with Gasteiger partial charge >= 0.3 is 5.97 Å². The number of rotatable bonds is 5. The number of nitriles is 1. The van der Waals surface area contributed by atoms with Gasteiger partial charge in [0.2, 0.25) is 10.0 Å². The van der Waals surface area contributed by atoms with Crippen LogP contribution in [0.5, 0.6) is 0 Å². The molecule has 0 fully saturated rings. The van der Waals surface area contributed by atoms with Crippen molar-refractivity contribution in [2.75, 3.05) is 10.5 Å². The summed E-state index contributed by atoms with van der Waals surface area (Å²) in [5.41, 5.74) is 0.302. The number of carboxylic acid groups (broad SMARTS) is 1. The van der Waals surface area contributed by atoms with E-state index in [1.54, 1.807) is 0 Å². The summed E-state index contributed by atoms with van der Waals surface area (Å²) in [5.74, 6) is -1.73. The topological polar surface area (TPSA) is 107 Å². The number of nitrogens with one attached hydrogen (secondary N) is 1. The first-order valence-electron chi connectivity index (χ1n) is 4.76. The van der Waals surface area contributed by atoms with Crippen molar-refractivity contribution in [2.45, 2.75) is 6.42 Å². The Labute approximate surface area is 109 Å². The van der Waals surface area contributed by atoms with Gasteiger partial charge in [-0.2, -0.15) is 5.26 Å². The molecule has 0 atom stereocenters. The highest BCUT2D eigenvalue weighted by Gasteiger charge is 2.13. The smallest absolute Gasteiger partial charge is 0.304 e. The van der Waals surface area contributed by atoms with E-state index in [4.69, 9.17) is 22.0 Å². The Balaban J connectivity index is 2.85. The van der Waals surface area contributed by atoms with Crippen LogP contribution in [0.1, 0.15) is 12.0 Å². The van der Waals surface area contributed by atoms with E-state index in [-0.39, 0.29) is 16.3 Å². The van der Waals surface area contributed by atoms with Gasteiger partial charge in [0.25, 0.3) is 0 Å². The lowest BCUT2D eigenvalue weighted by Crippen LogP contribution is -2.18. The van der Waals surface area contributed by atoms with Gasteiger partial charge in [-0.1, -0.05) is 11.6 Å². The summed E-state index contributed by atoms with van der Waals surface area (Å²) in [7, 11) is -3.75. The lowest BCUT2D eigenvalue weighted by molar-refractivity contribution is -0.136. The molecule has 0 aliphatic heterocycles. The molecule has 8 heteroatoms. The van der Waals surface area contributed by atoms with Crippen molar-refractivity contribution in [3.05, 3.63) is 28.8 Å². The number of hydrogen-bond acceptors (Lipinski definition) is 4. The van der Waals surface area contributed by atoms with Crippen LogP contribution in [0, 0.1) is 11.3 Å². The number of carboxylic acids is 1. The summed E-state index contributed by atoms with van der Waals surface area (Å²) in [6.07, 6.45) is -0.492. The predicted molar refractivity (Wildman–Crippen MR) is 65.8 cm³/mol. The highest BCUT2D eigenvalue weighted by molar-refractivity contribution is 7.92. The molecule has 1 aromatic rings. The Morgan fingerprint density at radius 3 is 2.72 bits per heavy atom. The van der Waals surface area contributed by atoms with Crippen LogP contribution in [0.15, 0.2) is 18.2 Å². The van der Waals surface area contributed by atoms with Crippen molar-refractivity contribution in [1.29, 1.82) is 5.26 Å². The zero-order chi connectivity index (χ0) is 13.8. The second-order valence-electron chi connectivity index (χ2n) is 3.37. The predicted octanol–water partition coefficient (Wildman–Crippen LogP) is 1.43. The molecule has 2 N–H and O–H groups in total. The van der Waals surface area contributed by atoms with Crippen molar-refractivity contribution in [2.24, 2.45) is 0 Å². The maximum Gasteiger partial charge on any atom is 0.304 e. The molecular formula is C10H9ClN2O4S. The number of aliphatic carboxylic acids is 1. The number of halogens is 1. The second kappa shape index (κ2) is 5.71. The standard InChI is InChI=1S/C10H9ClN2O4S/c11-9-2-1-8(5-7(9)6-12)13-18(16,17)4-3-10(14)15/h1-2,5,13H,3-4H2,(H,14,15). The summed E-state index contributed by atoms with van der Waals surface area (Å²) < 4.78 is 25.2. The zero-order valence-electron chi connectivity index (χ0n) is 9.05. The molecule has 0 unspecified atom stereocenters. The number of hydrogen-bond donors (Lipinski definition) is 2. The van der Waals surface area contributed by atoms with E-state index in [9.17, 15) is 13.2 Å². The van der Waals surface area contributed by atoms with Crippen molar-refractivity contribution in [1.82, 2.24) is 0 Å². The van der Waals surface area contributed by atoms with Gasteiger partial charge in [-0.05, 0) is 18.2 Å². The molecule has 0 aliphatic rings. The molecule has 1 aromatic carbocycles. The third kappa shape index (κ3) is 4.24. The quantitative estimate of drug-likeness (QED) is 0.852. The number of nitrogens with zero attached hydrogens (tertiary/aromatic N) is 1. The van der Waals surface area contributed by atoms with Crippen LogP contribution in [0.4, 0.5) is 5.69 Å². The first-order valence-corrected chi connectivity index (χ1v) is 6.79. The van der Waals surface area contributed by atoms with Crippen LogP contribution in [-0.2, 0) is 14.8 Å². The van der Waals surface area contributed by atoms with Gasteiger partial charge in [0, 0.05) is 5.69 Å². The first-order chi connectivity index (χ1) is 8.34. The van der Waals surface area contributed by atoms with Crippen LogP contribution in [0.2, 0.25) is 5.02 Å². The molecule has 0 aromatic heterocycles. The lowest BCUT2D eigenvalue weighted by atomic mass is 10.2. The van der Waals surface area contributed by atoms with Crippen molar-refractivity contribution >= 4 is 33.3 Å². The normalized spacial score (nSPS) is 10.7. The van der Waals surface area contributed by atoms with Crippen LogP contribution < -0.4 is 4.72 Å². The van der Waals surface area contributed by atoms with Gasteiger partial charge in [0.05, 0.1) is 22.8 Å². The van der Waals surface area contributed by atoms with E-state index in [1.807, 2.05) is 6.07 Å². The second-order valence-corrected chi connectivity index (χ2v) is 5.62. The minimum Gasteiger partial charge on any atom is -0.481 e. The summed E-state index contributed by atoms with van der Waals surface area (Å²) >= 11 is 5.69. The monoisotopic (exact) mass is 288 g/mol. The van der Waals surface area contributed by atoms with E-state index in [0.717, 1.165) is 0 Å². The fourth-order valence-electron chi connectivity index (χ4n) is 1.13. The van der Waals surface area contributed by atoms with E-state index in [1.165, 1.54) is 18.2 Å².